The number of benzene rings is 2. The van der Waals surface area contributed by atoms with Gasteiger partial charge in [0.2, 0.25) is 0 Å². The normalized spacial score (nSPS) is 16.9. The maximum absolute atomic E-state index is 12.6. The fourth-order valence-corrected chi connectivity index (χ4v) is 3.66. The first-order valence-corrected chi connectivity index (χ1v) is 9.20. The number of ether oxygens (including phenoxy) is 2. The molecule has 0 atom stereocenters. The molecule has 2 aromatic carbocycles. The Labute approximate surface area is 160 Å². The number of carbonyl (C=O) groups is 2. The second kappa shape index (κ2) is 6.84. The summed E-state index contributed by atoms with van der Waals surface area (Å²) in [4.78, 5) is 24.1. The molecule has 4 heteroatoms. The van der Waals surface area contributed by atoms with Crippen LogP contribution < -0.4 is 4.74 Å². The minimum absolute atomic E-state index is 0.0311. The number of fused-ring (bicyclic) bond motifs is 1. The Balaban J connectivity index is 1.85. The predicted molar refractivity (Wildman–Crippen MR) is 104 cm³/mol. The summed E-state index contributed by atoms with van der Waals surface area (Å²) in [5.41, 5.74) is 3.61. The van der Waals surface area contributed by atoms with Gasteiger partial charge in [-0.1, -0.05) is 33.8 Å². The highest BCUT2D eigenvalue weighted by Crippen LogP contribution is 2.45. The molecule has 1 aliphatic rings. The third-order valence-electron chi connectivity index (χ3n) is 5.57. The molecule has 4 nitrogen and oxygen atoms in total. The summed E-state index contributed by atoms with van der Waals surface area (Å²) in [6, 6.07) is 12.2. The fraction of sp³-hybridized carbons (Fsp3) is 0.391. The van der Waals surface area contributed by atoms with Crippen LogP contribution in [0.25, 0.3) is 0 Å². The van der Waals surface area contributed by atoms with Crippen molar-refractivity contribution in [2.75, 3.05) is 7.11 Å². The molecule has 0 aliphatic heterocycles. The van der Waals surface area contributed by atoms with Gasteiger partial charge < -0.3 is 9.47 Å². The molecule has 0 saturated heterocycles. The quantitative estimate of drug-likeness (QED) is 0.564. The second-order valence-corrected chi connectivity index (χ2v) is 8.43. The Hall–Kier alpha value is -2.62. The summed E-state index contributed by atoms with van der Waals surface area (Å²) in [5.74, 6) is -0.430. The molecular weight excluding hydrogens is 340 g/mol. The monoisotopic (exact) mass is 366 g/mol. The summed E-state index contributed by atoms with van der Waals surface area (Å²) in [7, 11) is 1.33. The molecule has 0 radical (unpaired) electrons. The average molecular weight is 366 g/mol. The Bertz CT molecular complexity index is 876. The zero-order valence-corrected chi connectivity index (χ0v) is 16.6. The van der Waals surface area contributed by atoms with E-state index in [4.69, 9.17) is 4.74 Å². The molecule has 0 heterocycles. The van der Waals surface area contributed by atoms with Crippen LogP contribution in [0.3, 0.4) is 0 Å². The first kappa shape index (κ1) is 19.2. The molecule has 27 heavy (non-hydrogen) atoms. The lowest BCUT2D eigenvalue weighted by Gasteiger charge is -2.41. The SMILES string of the molecule is COC(=O)c1ccc(OC(=O)c2ccc3c(c2)C(C)(C)CCC3(C)C)cc1. The van der Waals surface area contributed by atoms with E-state index in [1.165, 1.54) is 18.2 Å². The van der Waals surface area contributed by atoms with Crippen molar-refractivity contribution in [1.82, 2.24) is 0 Å². The third-order valence-corrected chi connectivity index (χ3v) is 5.57. The topological polar surface area (TPSA) is 52.6 Å². The van der Waals surface area contributed by atoms with Gasteiger partial charge in [-0.3, -0.25) is 0 Å². The van der Waals surface area contributed by atoms with Crippen molar-refractivity contribution < 1.29 is 19.1 Å². The summed E-state index contributed by atoms with van der Waals surface area (Å²) < 4.78 is 10.2. The van der Waals surface area contributed by atoms with Crippen molar-refractivity contribution in [3.05, 3.63) is 64.7 Å². The van der Waals surface area contributed by atoms with Crippen molar-refractivity contribution in [3.8, 4) is 5.75 Å². The highest BCUT2D eigenvalue weighted by molar-refractivity contribution is 5.92. The number of hydrogen-bond donors (Lipinski definition) is 0. The van der Waals surface area contributed by atoms with E-state index in [1.807, 2.05) is 12.1 Å². The third kappa shape index (κ3) is 3.75. The molecule has 1 aliphatic carbocycles. The van der Waals surface area contributed by atoms with Gasteiger partial charge in [-0.25, -0.2) is 9.59 Å². The minimum Gasteiger partial charge on any atom is -0.465 e. The molecule has 3 rings (SSSR count). The van der Waals surface area contributed by atoms with E-state index in [-0.39, 0.29) is 10.8 Å². The van der Waals surface area contributed by atoms with Gasteiger partial charge in [-0.15, -0.1) is 0 Å². The minimum atomic E-state index is -0.424. The lowest BCUT2D eigenvalue weighted by molar-refractivity contribution is 0.0600. The van der Waals surface area contributed by atoms with E-state index in [0.717, 1.165) is 12.8 Å². The van der Waals surface area contributed by atoms with Crippen LogP contribution >= 0.6 is 0 Å². The van der Waals surface area contributed by atoms with Crippen molar-refractivity contribution in [1.29, 1.82) is 0 Å². The van der Waals surface area contributed by atoms with Crippen LogP contribution in [0.4, 0.5) is 0 Å². The number of methoxy groups -OCH3 is 1. The van der Waals surface area contributed by atoms with Crippen LogP contribution in [0, 0.1) is 0 Å². The van der Waals surface area contributed by atoms with Gasteiger partial charge in [0.15, 0.2) is 0 Å². The second-order valence-electron chi connectivity index (χ2n) is 8.43. The average Bonchev–Trinajstić information content (AvgIpc) is 2.65. The van der Waals surface area contributed by atoms with E-state index < -0.39 is 11.9 Å². The highest BCUT2D eigenvalue weighted by Gasteiger charge is 2.37. The molecule has 0 bridgehead atoms. The maximum atomic E-state index is 12.6. The Morgan fingerprint density at radius 2 is 1.33 bits per heavy atom. The number of rotatable bonds is 3. The lowest BCUT2D eigenvalue weighted by atomic mass is 9.63. The molecule has 142 valence electrons. The molecule has 0 aromatic heterocycles. The predicted octanol–water partition coefficient (Wildman–Crippen LogP) is 5.04. The van der Waals surface area contributed by atoms with Gasteiger partial charge in [0.25, 0.3) is 0 Å². The molecule has 0 spiro atoms. The fourth-order valence-electron chi connectivity index (χ4n) is 3.66. The first-order valence-electron chi connectivity index (χ1n) is 9.20. The molecule has 0 amide bonds. The van der Waals surface area contributed by atoms with Gasteiger partial charge in [-0.2, -0.15) is 0 Å². The van der Waals surface area contributed by atoms with Crippen LogP contribution in [0.2, 0.25) is 0 Å². The molecule has 0 unspecified atom stereocenters. The van der Waals surface area contributed by atoms with Gasteiger partial charge in [0.05, 0.1) is 18.2 Å². The summed E-state index contributed by atoms with van der Waals surface area (Å²) in [5, 5.41) is 0. The largest absolute Gasteiger partial charge is 0.465 e. The summed E-state index contributed by atoms with van der Waals surface area (Å²) in [6.07, 6.45) is 2.21. The maximum Gasteiger partial charge on any atom is 0.343 e. The van der Waals surface area contributed by atoms with Crippen molar-refractivity contribution in [3.63, 3.8) is 0 Å². The van der Waals surface area contributed by atoms with Crippen molar-refractivity contribution >= 4 is 11.9 Å². The van der Waals surface area contributed by atoms with Crippen molar-refractivity contribution in [2.24, 2.45) is 0 Å². The summed E-state index contributed by atoms with van der Waals surface area (Å²) in [6.45, 7) is 8.95. The van der Waals surface area contributed by atoms with Gasteiger partial charge in [0, 0.05) is 0 Å². The van der Waals surface area contributed by atoms with Crippen LogP contribution in [0.1, 0.15) is 72.4 Å². The zero-order chi connectivity index (χ0) is 19.8. The number of hydrogen-bond acceptors (Lipinski definition) is 4. The van der Waals surface area contributed by atoms with Gasteiger partial charge in [0.1, 0.15) is 5.75 Å². The first-order chi connectivity index (χ1) is 12.6. The van der Waals surface area contributed by atoms with Crippen LogP contribution in [-0.2, 0) is 15.6 Å². The number of esters is 2. The zero-order valence-electron chi connectivity index (χ0n) is 16.6. The Morgan fingerprint density at radius 1 is 0.778 bits per heavy atom. The highest BCUT2D eigenvalue weighted by atomic mass is 16.5. The van der Waals surface area contributed by atoms with E-state index in [2.05, 4.69) is 38.5 Å². The van der Waals surface area contributed by atoms with Gasteiger partial charge >= 0.3 is 11.9 Å². The Morgan fingerprint density at radius 3 is 1.93 bits per heavy atom. The smallest absolute Gasteiger partial charge is 0.343 e. The molecule has 2 aromatic rings. The van der Waals surface area contributed by atoms with Crippen LogP contribution in [0.5, 0.6) is 5.75 Å². The molecular formula is C23H26O4. The molecule has 0 saturated carbocycles. The van der Waals surface area contributed by atoms with E-state index in [0.29, 0.717) is 16.9 Å². The van der Waals surface area contributed by atoms with E-state index >= 15 is 0 Å². The Kier molecular flexibility index (Phi) is 4.85. The van der Waals surface area contributed by atoms with Crippen molar-refractivity contribution in [2.45, 2.75) is 51.4 Å². The van der Waals surface area contributed by atoms with E-state index in [1.54, 1.807) is 24.3 Å². The lowest BCUT2D eigenvalue weighted by Crippen LogP contribution is -2.34. The van der Waals surface area contributed by atoms with Gasteiger partial charge in [-0.05, 0) is 71.2 Å². The van der Waals surface area contributed by atoms with E-state index in [9.17, 15) is 9.59 Å². The molecule has 0 N–H and O–H groups in total. The van der Waals surface area contributed by atoms with Crippen LogP contribution in [-0.4, -0.2) is 19.0 Å². The summed E-state index contributed by atoms with van der Waals surface area (Å²) >= 11 is 0. The van der Waals surface area contributed by atoms with Crippen LogP contribution in [0.15, 0.2) is 42.5 Å². The molecule has 0 fully saturated rings. The standard InChI is InChI=1S/C23H26O4/c1-22(2)12-13-23(3,4)19-14-16(8-11-18(19)22)21(25)27-17-9-6-15(7-10-17)20(24)26-5/h6-11,14H,12-13H2,1-5H3. The number of carbonyl (C=O) groups excluding carboxylic acids is 2.